The highest BCUT2D eigenvalue weighted by Gasteiger charge is 2.42. The van der Waals surface area contributed by atoms with Gasteiger partial charge in [-0.25, -0.2) is 14.6 Å². The molecule has 8 nitrogen and oxygen atoms in total. The molecule has 1 N–H and O–H groups in total. The molecule has 3 aromatic rings. The maximum atomic E-state index is 11.2. The summed E-state index contributed by atoms with van der Waals surface area (Å²) in [7, 11) is 0. The van der Waals surface area contributed by atoms with Gasteiger partial charge in [-0.3, -0.25) is 4.79 Å². The molecule has 2 aromatic heterocycles. The molecule has 0 amide bonds. The maximum absolute atomic E-state index is 11.2. The van der Waals surface area contributed by atoms with Crippen LogP contribution in [0.25, 0.3) is 11.2 Å². The van der Waals surface area contributed by atoms with Gasteiger partial charge in [-0.1, -0.05) is 29.3 Å². The van der Waals surface area contributed by atoms with E-state index in [1.54, 1.807) is 6.07 Å². The molecular formula is C27H32Cl2N6O2. The number of aryl methyl sites for hydroxylation is 1. The molecule has 0 bridgehead atoms. The molecule has 196 valence electrons. The van der Waals surface area contributed by atoms with Gasteiger partial charge in [0.2, 0.25) is 0 Å². The fourth-order valence-electron chi connectivity index (χ4n) is 6.28. The lowest BCUT2D eigenvalue weighted by molar-refractivity contribution is -0.147. The monoisotopic (exact) mass is 542 g/mol. The highest BCUT2D eigenvalue weighted by atomic mass is 35.5. The van der Waals surface area contributed by atoms with Gasteiger partial charge >= 0.3 is 5.97 Å². The summed E-state index contributed by atoms with van der Waals surface area (Å²) in [5, 5.41) is 15.2. The quantitative estimate of drug-likeness (QED) is 0.465. The Balaban J connectivity index is 1.14. The second-order valence-electron chi connectivity index (χ2n) is 11.0. The first-order valence-corrected chi connectivity index (χ1v) is 13.9. The van der Waals surface area contributed by atoms with E-state index < -0.39 is 5.97 Å². The van der Waals surface area contributed by atoms with Crippen molar-refractivity contribution in [1.82, 2.24) is 24.6 Å². The largest absolute Gasteiger partial charge is 0.481 e. The zero-order valence-corrected chi connectivity index (χ0v) is 22.7. The summed E-state index contributed by atoms with van der Waals surface area (Å²) in [6.45, 7) is 8.17. The zero-order valence-electron chi connectivity index (χ0n) is 21.1. The van der Waals surface area contributed by atoms with Crippen molar-refractivity contribution in [2.75, 3.05) is 31.1 Å². The summed E-state index contributed by atoms with van der Waals surface area (Å²) in [5.74, 6) is 1.39. The Morgan fingerprint density at radius 1 is 1.16 bits per heavy atom. The smallest absolute Gasteiger partial charge is 0.306 e. The Kier molecular flexibility index (Phi) is 6.53. The molecule has 3 fully saturated rings. The first kappa shape index (κ1) is 24.9. The molecule has 2 atom stereocenters. The van der Waals surface area contributed by atoms with Gasteiger partial charge in [0, 0.05) is 35.7 Å². The van der Waals surface area contributed by atoms with Gasteiger partial charge in [0.1, 0.15) is 11.3 Å². The number of carbonyl (C=O) groups is 1. The third kappa shape index (κ3) is 4.57. The number of likely N-dealkylation sites (tertiary alicyclic amines) is 1. The molecule has 2 aliphatic heterocycles. The zero-order chi connectivity index (χ0) is 25.8. The average molecular weight is 543 g/mol. The topological polar surface area (TPSA) is 87.4 Å². The van der Waals surface area contributed by atoms with Crippen LogP contribution in [0.1, 0.15) is 49.9 Å². The van der Waals surface area contributed by atoms with Crippen LogP contribution < -0.4 is 4.90 Å². The minimum atomic E-state index is -0.639. The van der Waals surface area contributed by atoms with Crippen LogP contribution in [0.2, 0.25) is 10.0 Å². The van der Waals surface area contributed by atoms with Crippen LogP contribution in [0.5, 0.6) is 0 Å². The van der Waals surface area contributed by atoms with E-state index >= 15 is 0 Å². The third-order valence-electron chi connectivity index (χ3n) is 8.71. The van der Waals surface area contributed by atoms with Crippen LogP contribution in [-0.4, -0.2) is 67.9 Å². The Labute approximate surface area is 226 Å². The van der Waals surface area contributed by atoms with Crippen molar-refractivity contribution in [3.63, 3.8) is 0 Å². The van der Waals surface area contributed by atoms with Gasteiger partial charge in [0.15, 0.2) is 5.65 Å². The molecule has 3 aliphatic rings. The molecule has 0 radical (unpaired) electrons. The van der Waals surface area contributed by atoms with E-state index in [2.05, 4.69) is 16.7 Å². The Bertz CT molecular complexity index is 1330. The Hall–Kier alpha value is -2.42. The summed E-state index contributed by atoms with van der Waals surface area (Å²) in [6.07, 6.45) is 5.93. The van der Waals surface area contributed by atoms with E-state index in [0.717, 1.165) is 67.3 Å². The van der Waals surface area contributed by atoms with Crippen molar-refractivity contribution >= 4 is 46.2 Å². The van der Waals surface area contributed by atoms with Crippen LogP contribution in [0.3, 0.4) is 0 Å². The molecule has 1 aliphatic carbocycles. The van der Waals surface area contributed by atoms with Crippen molar-refractivity contribution in [3.05, 3.63) is 45.7 Å². The minimum Gasteiger partial charge on any atom is -0.481 e. The lowest BCUT2D eigenvalue weighted by Crippen LogP contribution is -2.56. The Morgan fingerprint density at radius 3 is 2.68 bits per heavy atom. The second-order valence-corrected chi connectivity index (χ2v) is 11.8. The van der Waals surface area contributed by atoms with Gasteiger partial charge < -0.3 is 14.9 Å². The number of fused-ring (bicyclic) bond motifs is 1. The van der Waals surface area contributed by atoms with Crippen LogP contribution in [0.15, 0.2) is 24.4 Å². The number of aliphatic carboxylic acids is 1. The van der Waals surface area contributed by atoms with Gasteiger partial charge in [0.25, 0.3) is 0 Å². The van der Waals surface area contributed by atoms with Crippen LogP contribution in [0.4, 0.5) is 5.82 Å². The standard InChI is InChI=1S/C27H32Cl2N6O2/c1-15-25-26(35(32-15)16(2)22-6-5-20(28)10-23(22)29)31-24(11-30-25)34-13-19(14-34)17-4-3-7-33(12-17)21-8-18(9-21)27(36)37/h5-6,10-11,16-19,21H,3-4,7-9,12-14H2,1-2H3,(H,36,37)/t16-,17-,18-,21+/m1/s1. The number of carboxylic acids is 1. The van der Waals surface area contributed by atoms with E-state index in [1.165, 1.54) is 12.8 Å². The number of anilines is 1. The van der Waals surface area contributed by atoms with Gasteiger partial charge in [-0.15, -0.1) is 0 Å². The summed E-state index contributed by atoms with van der Waals surface area (Å²) in [5.41, 5.74) is 3.35. The molecule has 6 rings (SSSR count). The van der Waals surface area contributed by atoms with E-state index in [0.29, 0.717) is 27.9 Å². The number of aromatic nitrogens is 4. The molecule has 0 spiro atoms. The normalized spacial score (nSPS) is 25.6. The second kappa shape index (κ2) is 9.71. The third-order valence-corrected chi connectivity index (χ3v) is 9.27. The average Bonchev–Trinajstić information content (AvgIpc) is 3.13. The predicted octanol–water partition coefficient (Wildman–Crippen LogP) is 5.06. The molecule has 1 aromatic carbocycles. The SMILES string of the molecule is Cc1nn([C@H](C)c2ccc(Cl)cc2Cl)c2nc(N3CC([C@@H]4CCCN([C@H]5C[C@@H](C(=O)O)C5)C4)C3)cnc12. The minimum absolute atomic E-state index is 0.116. The highest BCUT2D eigenvalue weighted by molar-refractivity contribution is 6.35. The number of rotatable bonds is 6. The molecule has 1 saturated carbocycles. The first-order chi connectivity index (χ1) is 17.8. The van der Waals surface area contributed by atoms with Crippen molar-refractivity contribution < 1.29 is 9.90 Å². The molecule has 37 heavy (non-hydrogen) atoms. The van der Waals surface area contributed by atoms with Gasteiger partial charge in [0.05, 0.1) is 23.9 Å². The summed E-state index contributed by atoms with van der Waals surface area (Å²) in [4.78, 5) is 25.8. The number of hydrogen-bond donors (Lipinski definition) is 1. The summed E-state index contributed by atoms with van der Waals surface area (Å²) < 4.78 is 1.91. The Morgan fingerprint density at radius 2 is 1.95 bits per heavy atom. The molecule has 2 saturated heterocycles. The molecule has 0 unspecified atom stereocenters. The summed E-state index contributed by atoms with van der Waals surface area (Å²) in [6, 6.07) is 5.88. The predicted molar refractivity (Wildman–Crippen MR) is 144 cm³/mol. The molecule has 4 heterocycles. The van der Waals surface area contributed by atoms with E-state index in [1.807, 2.05) is 29.9 Å². The highest BCUT2D eigenvalue weighted by Crippen LogP contribution is 2.38. The van der Waals surface area contributed by atoms with Gasteiger partial charge in [-0.05, 0) is 75.6 Å². The van der Waals surface area contributed by atoms with Gasteiger partial charge in [-0.2, -0.15) is 5.10 Å². The first-order valence-electron chi connectivity index (χ1n) is 13.2. The number of halogens is 2. The van der Waals surface area contributed by atoms with Crippen LogP contribution in [0, 0.1) is 24.7 Å². The van der Waals surface area contributed by atoms with E-state index in [4.69, 9.17) is 38.3 Å². The fourth-order valence-corrected chi connectivity index (χ4v) is 6.84. The summed E-state index contributed by atoms with van der Waals surface area (Å²) >= 11 is 12.6. The number of hydrogen-bond acceptors (Lipinski definition) is 6. The van der Waals surface area contributed by atoms with Crippen LogP contribution in [-0.2, 0) is 4.79 Å². The number of carboxylic acid groups (broad SMARTS) is 1. The van der Waals surface area contributed by atoms with Crippen molar-refractivity contribution in [1.29, 1.82) is 0 Å². The molecular weight excluding hydrogens is 511 g/mol. The van der Waals surface area contributed by atoms with Crippen LogP contribution >= 0.6 is 23.2 Å². The van der Waals surface area contributed by atoms with E-state index in [9.17, 15) is 9.90 Å². The number of nitrogens with zero attached hydrogens (tertiary/aromatic N) is 6. The van der Waals surface area contributed by atoms with Crippen molar-refractivity contribution in [3.8, 4) is 0 Å². The number of piperidine rings is 1. The van der Waals surface area contributed by atoms with E-state index in [-0.39, 0.29) is 12.0 Å². The van der Waals surface area contributed by atoms with Crippen molar-refractivity contribution in [2.45, 2.75) is 51.6 Å². The lowest BCUT2D eigenvalue weighted by atomic mass is 9.76. The maximum Gasteiger partial charge on any atom is 0.306 e. The fraction of sp³-hybridized carbons (Fsp3) is 0.556. The lowest BCUT2D eigenvalue weighted by Gasteiger charge is -2.50. The number of benzene rings is 1. The van der Waals surface area contributed by atoms with Crippen molar-refractivity contribution in [2.24, 2.45) is 17.8 Å². The molecule has 10 heteroatoms.